The number of methoxy groups -OCH3 is 1. The molecule has 1 aromatic carbocycles. The SMILES string of the molecule is COc1cn(O)c2nccc-2c1C(=O)c1ncccc1NS(=O)(=O)c1ccc(Cl)c(C(F)(F)F)c1. The largest absolute Gasteiger partial charge is 0.494 e. The highest BCUT2D eigenvalue weighted by atomic mass is 35.5. The molecule has 0 saturated carbocycles. The molecule has 0 spiro atoms. The molecule has 0 unspecified atom stereocenters. The molecule has 182 valence electrons. The van der Waals surface area contributed by atoms with Crippen molar-refractivity contribution < 1.29 is 36.3 Å². The van der Waals surface area contributed by atoms with Gasteiger partial charge in [-0.1, -0.05) is 11.6 Å². The van der Waals surface area contributed by atoms with E-state index in [1.54, 1.807) is 0 Å². The molecule has 35 heavy (non-hydrogen) atoms. The van der Waals surface area contributed by atoms with Crippen LogP contribution < -0.4 is 9.46 Å². The van der Waals surface area contributed by atoms with E-state index in [2.05, 4.69) is 14.7 Å². The van der Waals surface area contributed by atoms with Crippen molar-refractivity contribution in [3.63, 3.8) is 0 Å². The number of hydrogen-bond donors (Lipinski definition) is 2. The minimum absolute atomic E-state index is 0.0352. The van der Waals surface area contributed by atoms with E-state index in [0.29, 0.717) is 10.8 Å². The average Bonchev–Trinajstić information content (AvgIpc) is 3.28. The molecule has 1 aromatic heterocycles. The van der Waals surface area contributed by atoms with Crippen LogP contribution in [0, 0.1) is 0 Å². The van der Waals surface area contributed by atoms with Gasteiger partial charge in [-0.3, -0.25) is 14.5 Å². The van der Waals surface area contributed by atoms with Gasteiger partial charge in [0, 0.05) is 18.0 Å². The molecular formula is C21H14ClF3N4O5S. The molecule has 14 heteroatoms. The quantitative estimate of drug-likeness (QED) is 0.283. The number of aromatic nitrogens is 3. The third-order valence-electron chi connectivity index (χ3n) is 4.92. The van der Waals surface area contributed by atoms with Crippen LogP contribution in [-0.2, 0) is 16.2 Å². The molecule has 0 bridgehead atoms. The smallest absolute Gasteiger partial charge is 0.417 e. The number of benzene rings is 1. The molecule has 3 heterocycles. The van der Waals surface area contributed by atoms with Gasteiger partial charge in [0.05, 0.1) is 40.0 Å². The maximum Gasteiger partial charge on any atom is 0.417 e. The zero-order valence-corrected chi connectivity index (χ0v) is 19.1. The van der Waals surface area contributed by atoms with Crippen LogP contribution >= 0.6 is 11.6 Å². The number of nitrogens with zero attached hydrogens (tertiary/aromatic N) is 3. The average molecular weight is 527 g/mol. The number of halogens is 4. The summed E-state index contributed by atoms with van der Waals surface area (Å²) in [4.78, 5) is 20.7. The lowest BCUT2D eigenvalue weighted by Gasteiger charge is -2.16. The van der Waals surface area contributed by atoms with Crippen molar-refractivity contribution in [2.45, 2.75) is 11.1 Å². The Morgan fingerprint density at radius 2 is 1.91 bits per heavy atom. The topological polar surface area (TPSA) is 123 Å². The second kappa shape index (κ2) is 8.74. The van der Waals surface area contributed by atoms with Crippen LogP contribution in [0.3, 0.4) is 0 Å². The third-order valence-corrected chi connectivity index (χ3v) is 6.61. The lowest BCUT2D eigenvalue weighted by molar-refractivity contribution is -0.137. The maximum absolute atomic E-state index is 13.5. The predicted octanol–water partition coefficient (Wildman–Crippen LogP) is 4.33. The number of pyridine rings is 2. The molecule has 9 nitrogen and oxygen atoms in total. The zero-order chi connectivity index (χ0) is 25.5. The first-order valence-corrected chi connectivity index (χ1v) is 11.4. The second-order valence-corrected chi connectivity index (χ2v) is 9.16. The van der Waals surface area contributed by atoms with Gasteiger partial charge < -0.3 is 9.94 Å². The number of alkyl halides is 3. The van der Waals surface area contributed by atoms with Crippen molar-refractivity contribution in [2.24, 2.45) is 0 Å². The van der Waals surface area contributed by atoms with E-state index in [1.165, 1.54) is 37.7 Å². The Hall–Kier alpha value is -3.84. The Morgan fingerprint density at radius 3 is 2.60 bits per heavy atom. The van der Waals surface area contributed by atoms with E-state index in [1.807, 2.05) is 0 Å². The highest BCUT2D eigenvalue weighted by molar-refractivity contribution is 7.92. The van der Waals surface area contributed by atoms with Gasteiger partial charge >= 0.3 is 6.18 Å². The molecule has 4 rings (SSSR count). The molecule has 2 aliphatic rings. The lowest BCUT2D eigenvalue weighted by Crippen LogP contribution is -2.19. The standard InChI is InChI=1S/C21H14ClF3N4O5S/c1-34-16-10-29(31)20-12(6-8-27-20)17(16)19(30)18-15(3-2-7-26-18)28-35(32,33)11-4-5-14(22)13(9-11)21(23,24)25/h2-10,28,31H,1H3. The molecule has 0 aliphatic carbocycles. The Balaban J connectivity index is 1.78. The summed E-state index contributed by atoms with van der Waals surface area (Å²) in [7, 11) is -3.33. The van der Waals surface area contributed by atoms with E-state index in [4.69, 9.17) is 16.3 Å². The highest BCUT2D eigenvalue weighted by Crippen LogP contribution is 2.37. The molecule has 2 N–H and O–H groups in total. The second-order valence-electron chi connectivity index (χ2n) is 7.07. The molecule has 0 amide bonds. The minimum Gasteiger partial charge on any atom is -0.494 e. The fourth-order valence-electron chi connectivity index (χ4n) is 3.34. The number of carbonyl (C=O) groups is 1. The predicted molar refractivity (Wildman–Crippen MR) is 118 cm³/mol. The summed E-state index contributed by atoms with van der Waals surface area (Å²) in [6.45, 7) is 0. The van der Waals surface area contributed by atoms with Crippen LogP contribution in [0.5, 0.6) is 5.75 Å². The first-order chi connectivity index (χ1) is 16.4. The van der Waals surface area contributed by atoms with Crippen molar-refractivity contribution >= 4 is 33.1 Å². The fourth-order valence-corrected chi connectivity index (χ4v) is 4.66. The molecule has 0 saturated heterocycles. The van der Waals surface area contributed by atoms with Gasteiger partial charge in [0.1, 0.15) is 5.69 Å². The molecule has 0 radical (unpaired) electrons. The van der Waals surface area contributed by atoms with E-state index in [9.17, 15) is 31.6 Å². The maximum atomic E-state index is 13.5. The number of carbonyl (C=O) groups excluding carboxylic acids is 1. The summed E-state index contributed by atoms with van der Waals surface area (Å²) in [5.41, 5.74) is -1.85. The Kier molecular flexibility index (Phi) is 6.07. The number of rotatable bonds is 6. The van der Waals surface area contributed by atoms with Gasteiger partial charge in [0.25, 0.3) is 10.0 Å². The van der Waals surface area contributed by atoms with Crippen LogP contribution in [0.1, 0.15) is 21.6 Å². The van der Waals surface area contributed by atoms with Crippen LogP contribution in [0.2, 0.25) is 5.02 Å². The van der Waals surface area contributed by atoms with Gasteiger partial charge in [-0.15, -0.1) is 0 Å². The summed E-state index contributed by atoms with van der Waals surface area (Å²) in [6.07, 6.45) is -1.21. The van der Waals surface area contributed by atoms with Crippen molar-refractivity contribution in [1.29, 1.82) is 0 Å². The molecule has 0 fully saturated rings. The number of sulfonamides is 1. The monoisotopic (exact) mass is 526 g/mol. The van der Waals surface area contributed by atoms with Crippen LogP contribution in [0.25, 0.3) is 11.4 Å². The van der Waals surface area contributed by atoms with Gasteiger partial charge in [0.2, 0.25) is 5.78 Å². The third kappa shape index (κ3) is 4.47. The van der Waals surface area contributed by atoms with Gasteiger partial charge in [0.15, 0.2) is 11.6 Å². The van der Waals surface area contributed by atoms with Crippen LogP contribution in [0.15, 0.2) is 59.9 Å². The highest BCUT2D eigenvalue weighted by Gasteiger charge is 2.35. The lowest BCUT2D eigenvalue weighted by atomic mass is 10.0. The van der Waals surface area contributed by atoms with E-state index in [-0.39, 0.29) is 34.1 Å². The number of ketones is 1. The Labute approximate surface area is 201 Å². The van der Waals surface area contributed by atoms with E-state index in [0.717, 1.165) is 18.3 Å². The van der Waals surface area contributed by atoms with Gasteiger partial charge in [-0.25, -0.2) is 13.4 Å². The summed E-state index contributed by atoms with van der Waals surface area (Å²) >= 11 is 5.58. The summed E-state index contributed by atoms with van der Waals surface area (Å²) in [5, 5.41) is 9.38. The number of fused-ring (bicyclic) bond motifs is 1. The number of anilines is 1. The summed E-state index contributed by atoms with van der Waals surface area (Å²) in [5.74, 6) is -0.802. The van der Waals surface area contributed by atoms with Crippen molar-refractivity contribution in [3.05, 3.63) is 76.8 Å². The number of ether oxygens (including phenoxy) is 1. The minimum atomic E-state index is -4.88. The van der Waals surface area contributed by atoms with Crippen LogP contribution in [-0.4, -0.2) is 41.2 Å². The zero-order valence-electron chi connectivity index (χ0n) is 17.5. The van der Waals surface area contributed by atoms with Crippen LogP contribution in [0.4, 0.5) is 18.9 Å². The molecular weight excluding hydrogens is 513 g/mol. The van der Waals surface area contributed by atoms with Gasteiger partial charge in [-0.2, -0.15) is 17.9 Å². The normalized spacial score (nSPS) is 12.0. The summed E-state index contributed by atoms with van der Waals surface area (Å²) < 4.78 is 73.4. The number of hydrogen-bond acceptors (Lipinski definition) is 7. The first-order valence-electron chi connectivity index (χ1n) is 9.56. The molecule has 2 aromatic rings. The Morgan fingerprint density at radius 1 is 1.17 bits per heavy atom. The Bertz CT molecular complexity index is 1520. The first kappa shape index (κ1) is 24.3. The van der Waals surface area contributed by atoms with Crippen molar-refractivity contribution in [3.8, 4) is 17.1 Å². The molecule has 0 atom stereocenters. The fraction of sp³-hybridized carbons (Fsp3) is 0.0952. The van der Waals surface area contributed by atoms with Gasteiger partial charge in [-0.05, 0) is 36.4 Å². The van der Waals surface area contributed by atoms with Crippen molar-refractivity contribution in [1.82, 2.24) is 14.7 Å². The van der Waals surface area contributed by atoms with E-state index >= 15 is 0 Å². The number of nitrogens with one attached hydrogen (secondary N) is 1. The summed E-state index contributed by atoms with van der Waals surface area (Å²) in [6, 6.07) is 6.10. The van der Waals surface area contributed by atoms with E-state index < -0.39 is 37.5 Å². The molecule has 2 aliphatic heterocycles. The van der Waals surface area contributed by atoms with Crippen molar-refractivity contribution in [2.75, 3.05) is 11.8 Å².